The number of hydrogen-bond acceptors (Lipinski definition) is 4. The molecule has 0 unspecified atom stereocenters. The van der Waals surface area contributed by atoms with Crippen molar-refractivity contribution >= 4 is 28.8 Å². The number of carbonyl (C=O) groups is 1. The number of aromatic nitrogens is 2. The first kappa shape index (κ1) is 18.4. The van der Waals surface area contributed by atoms with Gasteiger partial charge in [0.1, 0.15) is 11.2 Å². The molecule has 3 rings (SSSR count). The van der Waals surface area contributed by atoms with Crippen molar-refractivity contribution in [1.82, 2.24) is 15.1 Å². The van der Waals surface area contributed by atoms with Crippen LogP contribution < -0.4 is 10.9 Å². The van der Waals surface area contributed by atoms with Crippen LogP contribution in [0, 0.1) is 0 Å². The molecule has 7 heteroatoms. The van der Waals surface area contributed by atoms with Crippen LogP contribution >= 0.6 is 22.9 Å². The highest BCUT2D eigenvalue weighted by molar-refractivity contribution is 7.13. The molecule has 0 saturated carbocycles. The van der Waals surface area contributed by atoms with Crippen molar-refractivity contribution in [2.24, 2.45) is 0 Å². The molecule has 3 aromatic rings. The van der Waals surface area contributed by atoms with Crippen LogP contribution in [0.25, 0.3) is 10.6 Å². The van der Waals surface area contributed by atoms with Crippen LogP contribution in [0.2, 0.25) is 5.02 Å². The summed E-state index contributed by atoms with van der Waals surface area (Å²) in [5.74, 6) is -0.310. The monoisotopic (exact) mass is 387 g/mol. The maximum atomic E-state index is 12.7. The molecular weight excluding hydrogens is 370 g/mol. The van der Waals surface area contributed by atoms with Crippen molar-refractivity contribution in [2.75, 3.05) is 0 Å². The Labute approximate surface area is 160 Å². The van der Waals surface area contributed by atoms with Crippen LogP contribution in [0.4, 0.5) is 0 Å². The Morgan fingerprint density at radius 1 is 1.19 bits per heavy atom. The summed E-state index contributed by atoms with van der Waals surface area (Å²) in [4.78, 5) is 26.0. The molecule has 134 valence electrons. The lowest BCUT2D eigenvalue weighted by Gasteiger charge is -2.25. The number of benzene rings is 1. The fourth-order valence-electron chi connectivity index (χ4n) is 2.50. The summed E-state index contributed by atoms with van der Waals surface area (Å²) in [6, 6.07) is 14.2. The SMILES string of the molecule is CC(C)(C(=O)NCc1ccccc1Cl)n1nc(-c2cccs2)ccc1=O. The predicted octanol–water partition coefficient (Wildman–Crippen LogP) is 3.68. The Hall–Kier alpha value is -2.44. The summed E-state index contributed by atoms with van der Waals surface area (Å²) in [6.07, 6.45) is 0. The fourth-order valence-corrected chi connectivity index (χ4v) is 3.39. The lowest BCUT2D eigenvalue weighted by molar-refractivity contribution is -0.129. The number of amides is 1. The highest BCUT2D eigenvalue weighted by Crippen LogP contribution is 2.23. The zero-order chi connectivity index (χ0) is 18.7. The minimum Gasteiger partial charge on any atom is -0.350 e. The second kappa shape index (κ2) is 7.43. The van der Waals surface area contributed by atoms with E-state index >= 15 is 0 Å². The number of nitrogens with zero attached hydrogens (tertiary/aromatic N) is 2. The summed E-state index contributed by atoms with van der Waals surface area (Å²) in [5, 5.41) is 9.77. The third-order valence-corrected chi connectivity index (χ3v) is 5.32. The molecule has 1 N–H and O–H groups in total. The average Bonchev–Trinajstić information content (AvgIpc) is 3.15. The Bertz CT molecular complexity index is 980. The number of nitrogens with one attached hydrogen (secondary N) is 1. The third kappa shape index (κ3) is 3.71. The summed E-state index contributed by atoms with van der Waals surface area (Å²) >= 11 is 7.65. The summed E-state index contributed by atoms with van der Waals surface area (Å²) < 4.78 is 1.23. The van der Waals surface area contributed by atoms with Gasteiger partial charge in [0.15, 0.2) is 0 Å². The molecule has 0 atom stereocenters. The first-order valence-electron chi connectivity index (χ1n) is 8.06. The summed E-state index contributed by atoms with van der Waals surface area (Å²) in [7, 11) is 0. The van der Waals surface area contributed by atoms with Crippen molar-refractivity contribution in [3.63, 3.8) is 0 Å². The van der Waals surface area contributed by atoms with Gasteiger partial charge in [0.25, 0.3) is 5.56 Å². The predicted molar refractivity (Wildman–Crippen MR) is 104 cm³/mol. The summed E-state index contributed by atoms with van der Waals surface area (Å²) in [5.41, 5.74) is -0.00764. The zero-order valence-corrected chi connectivity index (χ0v) is 16.0. The van der Waals surface area contributed by atoms with Crippen molar-refractivity contribution in [1.29, 1.82) is 0 Å². The molecule has 0 spiro atoms. The van der Waals surface area contributed by atoms with E-state index in [0.717, 1.165) is 10.4 Å². The van der Waals surface area contributed by atoms with Crippen molar-refractivity contribution in [3.05, 3.63) is 74.9 Å². The molecule has 5 nitrogen and oxygen atoms in total. The molecule has 0 fully saturated rings. The summed E-state index contributed by atoms with van der Waals surface area (Å²) in [6.45, 7) is 3.62. The van der Waals surface area contributed by atoms with E-state index in [1.807, 2.05) is 35.7 Å². The number of halogens is 1. The van der Waals surface area contributed by atoms with E-state index in [2.05, 4.69) is 10.4 Å². The second-order valence-corrected chi connectivity index (χ2v) is 7.63. The fraction of sp³-hybridized carbons (Fsp3) is 0.211. The number of rotatable bonds is 5. The van der Waals surface area contributed by atoms with Gasteiger partial charge in [-0.3, -0.25) is 9.59 Å². The minimum atomic E-state index is -1.15. The van der Waals surface area contributed by atoms with Gasteiger partial charge >= 0.3 is 0 Å². The molecule has 0 aliphatic carbocycles. The highest BCUT2D eigenvalue weighted by atomic mass is 35.5. The van der Waals surface area contributed by atoms with Crippen molar-refractivity contribution in [2.45, 2.75) is 25.9 Å². The Balaban J connectivity index is 1.85. The normalized spacial score (nSPS) is 11.3. The van der Waals surface area contributed by atoms with E-state index in [0.29, 0.717) is 10.7 Å². The van der Waals surface area contributed by atoms with Crippen LogP contribution in [0.3, 0.4) is 0 Å². The minimum absolute atomic E-state index is 0.279. The second-order valence-electron chi connectivity index (χ2n) is 6.28. The van der Waals surface area contributed by atoms with E-state index in [-0.39, 0.29) is 18.0 Å². The van der Waals surface area contributed by atoms with Crippen LogP contribution in [-0.4, -0.2) is 15.7 Å². The van der Waals surface area contributed by atoms with Crippen LogP contribution in [0.1, 0.15) is 19.4 Å². The highest BCUT2D eigenvalue weighted by Gasteiger charge is 2.32. The smallest absolute Gasteiger partial charge is 0.267 e. The lowest BCUT2D eigenvalue weighted by atomic mass is 10.0. The molecule has 2 aromatic heterocycles. The zero-order valence-electron chi connectivity index (χ0n) is 14.4. The number of thiophene rings is 1. The van der Waals surface area contributed by atoms with Crippen molar-refractivity contribution < 1.29 is 4.79 Å². The molecule has 0 radical (unpaired) electrons. The molecular formula is C19H18ClN3O2S. The van der Waals surface area contributed by atoms with Gasteiger partial charge in [-0.1, -0.05) is 35.9 Å². The molecule has 2 heterocycles. The standard InChI is InChI=1S/C19H18ClN3O2S/c1-19(2,18(25)21-12-13-6-3-4-7-14(13)20)23-17(24)10-9-15(22-23)16-8-5-11-26-16/h3-11H,12H2,1-2H3,(H,21,25). The molecule has 1 amide bonds. The molecule has 0 bridgehead atoms. The largest absolute Gasteiger partial charge is 0.350 e. The van der Waals surface area contributed by atoms with Gasteiger partial charge in [-0.2, -0.15) is 5.10 Å². The van der Waals surface area contributed by atoms with Gasteiger partial charge in [-0.05, 0) is 43.0 Å². The van der Waals surface area contributed by atoms with Gasteiger partial charge in [0.2, 0.25) is 5.91 Å². The van der Waals surface area contributed by atoms with E-state index < -0.39 is 5.54 Å². The number of carbonyl (C=O) groups excluding carboxylic acids is 1. The molecule has 26 heavy (non-hydrogen) atoms. The van der Waals surface area contributed by atoms with Gasteiger partial charge in [0.05, 0.1) is 4.88 Å². The van der Waals surface area contributed by atoms with E-state index in [1.54, 1.807) is 26.0 Å². The third-order valence-electron chi connectivity index (χ3n) is 4.06. The first-order valence-corrected chi connectivity index (χ1v) is 9.32. The van der Waals surface area contributed by atoms with E-state index in [9.17, 15) is 9.59 Å². The number of hydrogen-bond donors (Lipinski definition) is 1. The first-order chi connectivity index (χ1) is 12.4. The van der Waals surface area contributed by atoms with Gasteiger partial charge in [-0.15, -0.1) is 11.3 Å². The van der Waals surface area contributed by atoms with Gasteiger partial charge < -0.3 is 5.32 Å². The van der Waals surface area contributed by atoms with Crippen LogP contribution in [-0.2, 0) is 16.9 Å². The molecule has 0 saturated heterocycles. The van der Waals surface area contributed by atoms with Gasteiger partial charge in [0, 0.05) is 17.6 Å². The maximum absolute atomic E-state index is 12.7. The van der Waals surface area contributed by atoms with Crippen LogP contribution in [0.15, 0.2) is 58.7 Å². The van der Waals surface area contributed by atoms with E-state index in [1.165, 1.54) is 22.1 Å². The lowest BCUT2D eigenvalue weighted by Crippen LogP contribution is -2.49. The Morgan fingerprint density at radius 3 is 2.65 bits per heavy atom. The maximum Gasteiger partial charge on any atom is 0.267 e. The Kier molecular flexibility index (Phi) is 5.25. The topological polar surface area (TPSA) is 64.0 Å². The molecule has 1 aromatic carbocycles. The molecule has 0 aliphatic rings. The quantitative estimate of drug-likeness (QED) is 0.726. The van der Waals surface area contributed by atoms with Crippen LogP contribution in [0.5, 0.6) is 0 Å². The average molecular weight is 388 g/mol. The Morgan fingerprint density at radius 2 is 1.96 bits per heavy atom. The van der Waals surface area contributed by atoms with E-state index in [4.69, 9.17) is 11.6 Å². The molecule has 0 aliphatic heterocycles. The van der Waals surface area contributed by atoms with Crippen molar-refractivity contribution in [3.8, 4) is 10.6 Å². The van der Waals surface area contributed by atoms with Gasteiger partial charge in [-0.25, -0.2) is 4.68 Å².